The van der Waals surface area contributed by atoms with E-state index in [1.165, 1.54) is 22.4 Å². The number of amides is 1. The molecule has 0 fully saturated rings. The molecule has 0 N–H and O–H groups in total. The number of aromatic nitrogens is 2. The van der Waals surface area contributed by atoms with Gasteiger partial charge in [0.05, 0.1) is 11.5 Å². The Kier molecular flexibility index (Phi) is 5.35. The number of fused-ring (bicyclic) bond motifs is 2. The molecule has 0 aliphatic carbocycles. The number of carbonyl (C=O) groups excluding carboxylic acids is 2. The predicted molar refractivity (Wildman–Crippen MR) is 109 cm³/mol. The Labute approximate surface area is 171 Å². The van der Waals surface area contributed by atoms with Gasteiger partial charge in [-0.2, -0.15) is 0 Å². The van der Waals surface area contributed by atoms with Crippen molar-refractivity contribution in [2.45, 2.75) is 24.8 Å². The van der Waals surface area contributed by atoms with Crippen LogP contribution in [0.4, 0.5) is 4.79 Å². The Morgan fingerprint density at radius 2 is 1.97 bits per heavy atom. The highest BCUT2D eigenvalue weighted by atomic mass is 32.2. The first-order valence-electron chi connectivity index (χ1n) is 9.29. The lowest BCUT2D eigenvalue weighted by molar-refractivity contribution is 0.0523. The minimum Gasteiger partial charge on any atom is -0.462 e. The van der Waals surface area contributed by atoms with Crippen LogP contribution in [0.1, 0.15) is 28.4 Å². The highest BCUT2D eigenvalue weighted by Gasteiger charge is 2.23. The van der Waals surface area contributed by atoms with E-state index < -0.39 is 11.5 Å². The summed E-state index contributed by atoms with van der Waals surface area (Å²) in [5, 5.41) is -0.101. The molecule has 0 spiro atoms. The topological polar surface area (TPSA) is 81.0 Å². The summed E-state index contributed by atoms with van der Waals surface area (Å²) in [7, 11) is 0. The van der Waals surface area contributed by atoms with Gasteiger partial charge < -0.3 is 9.64 Å². The molecule has 1 aromatic carbocycles. The van der Waals surface area contributed by atoms with E-state index in [0.717, 1.165) is 23.7 Å². The first-order valence-corrected chi connectivity index (χ1v) is 10.1. The van der Waals surface area contributed by atoms with Crippen LogP contribution < -0.4 is 5.56 Å². The summed E-state index contributed by atoms with van der Waals surface area (Å²) < 4.78 is 6.17. The van der Waals surface area contributed by atoms with E-state index in [4.69, 9.17) is 4.74 Å². The Bertz CT molecular complexity index is 1160. The number of pyridine rings is 1. The summed E-state index contributed by atoms with van der Waals surface area (Å²) in [6, 6.07) is 11.5. The lowest BCUT2D eigenvalue weighted by Crippen LogP contribution is -2.33. The molecule has 3 aromatic rings. The molecule has 7 nitrogen and oxygen atoms in total. The molecule has 0 atom stereocenters. The maximum absolute atomic E-state index is 12.9. The van der Waals surface area contributed by atoms with Crippen molar-refractivity contribution in [1.82, 2.24) is 14.3 Å². The molecule has 1 aliphatic heterocycles. The van der Waals surface area contributed by atoms with Crippen LogP contribution >= 0.6 is 11.8 Å². The van der Waals surface area contributed by atoms with Gasteiger partial charge in [-0.3, -0.25) is 14.0 Å². The monoisotopic (exact) mass is 409 g/mol. The summed E-state index contributed by atoms with van der Waals surface area (Å²) in [5.74, 6) is -0.708. The average molecular weight is 409 g/mol. The van der Waals surface area contributed by atoms with E-state index >= 15 is 0 Å². The lowest BCUT2D eigenvalue weighted by atomic mass is 10.0. The van der Waals surface area contributed by atoms with Gasteiger partial charge in [0.25, 0.3) is 10.8 Å². The Morgan fingerprint density at radius 3 is 2.76 bits per heavy atom. The maximum atomic E-state index is 12.9. The van der Waals surface area contributed by atoms with E-state index in [1.807, 2.05) is 18.2 Å². The second-order valence-electron chi connectivity index (χ2n) is 6.57. The highest BCUT2D eigenvalue weighted by Crippen LogP contribution is 2.28. The number of benzene rings is 1. The third-order valence-electron chi connectivity index (χ3n) is 4.78. The van der Waals surface area contributed by atoms with Crippen LogP contribution in [0, 0.1) is 0 Å². The molecule has 2 aromatic heterocycles. The van der Waals surface area contributed by atoms with Crippen LogP contribution in [0.25, 0.3) is 5.65 Å². The first kappa shape index (κ1) is 19.2. The molecule has 0 radical (unpaired) electrons. The average Bonchev–Trinajstić information content (AvgIpc) is 2.74. The van der Waals surface area contributed by atoms with Crippen molar-refractivity contribution >= 4 is 28.6 Å². The predicted octanol–water partition coefficient (Wildman–Crippen LogP) is 3.14. The number of hydrogen-bond donors (Lipinski definition) is 0. The van der Waals surface area contributed by atoms with Crippen LogP contribution in [-0.4, -0.2) is 38.6 Å². The molecule has 0 bridgehead atoms. The van der Waals surface area contributed by atoms with Crippen molar-refractivity contribution in [3.05, 3.63) is 75.8 Å². The summed E-state index contributed by atoms with van der Waals surface area (Å²) in [6.07, 6.45) is 3.55. The molecule has 8 heteroatoms. The number of rotatable bonds is 3. The summed E-state index contributed by atoms with van der Waals surface area (Å²) in [6.45, 7) is 3.05. The van der Waals surface area contributed by atoms with Gasteiger partial charge in [-0.15, -0.1) is 0 Å². The molecule has 1 amide bonds. The summed E-state index contributed by atoms with van der Waals surface area (Å²) in [4.78, 5) is 44.0. The molecule has 29 heavy (non-hydrogen) atoms. The fourth-order valence-corrected chi connectivity index (χ4v) is 4.18. The fraction of sp³-hybridized carbons (Fsp3) is 0.238. The zero-order valence-corrected chi connectivity index (χ0v) is 16.6. The van der Waals surface area contributed by atoms with E-state index in [2.05, 4.69) is 11.1 Å². The minimum absolute atomic E-state index is 0.101. The number of esters is 1. The van der Waals surface area contributed by atoms with Gasteiger partial charge in [-0.1, -0.05) is 24.3 Å². The fourth-order valence-electron chi connectivity index (χ4n) is 3.32. The van der Waals surface area contributed by atoms with Crippen LogP contribution in [0.5, 0.6) is 0 Å². The zero-order chi connectivity index (χ0) is 20.4. The third kappa shape index (κ3) is 3.75. The van der Waals surface area contributed by atoms with Crippen LogP contribution in [0.2, 0.25) is 0 Å². The van der Waals surface area contributed by atoms with E-state index in [9.17, 15) is 14.4 Å². The van der Waals surface area contributed by atoms with Gasteiger partial charge >= 0.3 is 5.97 Å². The third-order valence-corrected chi connectivity index (χ3v) is 5.75. The molecule has 4 rings (SSSR count). The second kappa shape index (κ2) is 8.08. The number of hydrogen-bond acceptors (Lipinski definition) is 6. The molecule has 0 unspecified atom stereocenters. The molecule has 1 aliphatic rings. The van der Waals surface area contributed by atoms with Gasteiger partial charge in [-0.05, 0) is 48.4 Å². The van der Waals surface area contributed by atoms with Crippen molar-refractivity contribution in [3.63, 3.8) is 0 Å². The number of nitrogens with zero attached hydrogens (tertiary/aromatic N) is 3. The Balaban J connectivity index is 1.60. The van der Waals surface area contributed by atoms with Crippen molar-refractivity contribution in [2.75, 3.05) is 13.2 Å². The maximum Gasteiger partial charge on any atom is 0.345 e. The number of thioether (sulfide) groups is 1. The first-order chi connectivity index (χ1) is 14.1. The smallest absolute Gasteiger partial charge is 0.345 e. The summed E-state index contributed by atoms with van der Waals surface area (Å²) in [5.41, 5.74) is 2.10. The quantitative estimate of drug-likeness (QED) is 0.488. The summed E-state index contributed by atoms with van der Waals surface area (Å²) >= 11 is 1.04. The van der Waals surface area contributed by atoms with Gasteiger partial charge in [0.1, 0.15) is 5.56 Å². The van der Waals surface area contributed by atoms with Gasteiger partial charge in [0.2, 0.25) is 0 Å². The van der Waals surface area contributed by atoms with Crippen LogP contribution in [0.15, 0.2) is 58.5 Å². The SMILES string of the molecule is CCOC(=O)c1cnc2c(SC(=O)N3CCc4ccccc4C3)cccn2c1=O. The molecule has 3 heterocycles. The lowest BCUT2D eigenvalue weighted by Gasteiger charge is -2.28. The largest absolute Gasteiger partial charge is 0.462 e. The van der Waals surface area contributed by atoms with Gasteiger partial charge in [0, 0.05) is 25.5 Å². The molecular weight excluding hydrogens is 390 g/mol. The molecule has 148 valence electrons. The van der Waals surface area contributed by atoms with E-state index in [-0.39, 0.29) is 17.4 Å². The van der Waals surface area contributed by atoms with Crippen molar-refractivity contribution in [3.8, 4) is 0 Å². The molecule has 0 saturated heterocycles. The van der Waals surface area contributed by atoms with E-state index in [0.29, 0.717) is 23.6 Å². The van der Waals surface area contributed by atoms with Crippen molar-refractivity contribution in [2.24, 2.45) is 0 Å². The normalized spacial score (nSPS) is 13.2. The van der Waals surface area contributed by atoms with Gasteiger partial charge in [-0.25, -0.2) is 9.78 Å². The Hall–Kier alpha value is -3.13. The molecule has 0 saturated carbocycles. The second-order valence-corrected chi connectivity index (χ2v) is 7.56. The van der Waals surface area contributed by atoms with Crippen molar-refractivity contribution < 1.29 is 14.3 Å². The van der Waals surface area contributed by atoms with Crippen LogP contribution in [-0.2, 0) is 17.7 Å². The highest BCUT2D eigenvalue weighted by molar-refractivity contribution is 8.13. The van der Waals surface area contributed by atoms with Crippen LogP contribution in [0.3, 0.4) is 0 Å². The van der Waals surface area contributed by atoms with Crippen molar-refractivity contribution in [1.29, 1.82) is 0 Å². The van der Waals surface area contributed by atoms with Gasteiger partial charge in [0.15, 0.2) is 5.65 Å². The number of carbonyl (C=O) groups is 2. The van der Waals surface area contributed by atoms with E-state index in [1.54, 1.807) is 24.0 Å². The number of ether oxygens (including phenoxy) is 1. The Morgan fingerprint density at radius 1 is 1.17 bits per heavy atom. The molecular formula is C21H19N3O4S. The standard InChI is InChI=1S/C21H19N3O4S/c1-2-28-20(26)16-12-22-18-17(8-5-10-24(18)19(16)25)29-21(27)23-11-9-14-6-3-4-7-15(14)13-23/h3-8,10,12H,2,9,11,13H2,1H3. The minimum atomic E-state index is -0.708. The zero-order valence-electron chi connectivity index (χ0n) is 15.8.